The fourth-order valence-electron chi connectivity index (χ4n) is 4.18. The molecule has 0 bridgehead atoms. The van der Waals surface area contributed by atoms with Crippen LogP contribution in [0.2, 0.25) is 0 Å². The number of hydrogen-bond donors (Lipinski definition) is 1. The van der Waals surface area contributed by atoms with E-state index in [2.05, 4.69) is 15.3 Å². The minimum absolute atomic E-state index is 0.0305. The number of hydrogen-bond acceptors (Lipinski definition) is 5. The molecular formula is C26H31N5O3. The molecule has 0 atom stereocenters. The van der Waals surface area contributed by atoms with Crippen LogP contribution in [-0.2, 0) is 17.9 Å². The lowest BCUT2D eigenvalue weighted by Gasteiger charge is -2.34. The number of aromatic nitrogens is 2. The van der Waals surface area contributed by atoms with E-state index in [0.29, 0.717) is 62.3 Å². The third-order valence-corrected chi connectivity index (χ3v) is 5.97. The van der Waals surface area contributed by atoms with Gasteiger partial charge in [-0.05, 0) is 17.5 Å². The second-order valence-corrected chi connectivity index (χ2v) is 9.11. The van der Waals surface area contributed by atoms with Gasteiger partial charge in [0.25, 0.3) is 11.5 Å². The molecule has 178 valence electrons. The number of amides is 2. The van der Waals surface area contributed by atoms with Gasteiger partial charge in [0.15, 0.2) is 5.69 Å². The van der Waals surface area contributed by atoms with Gasteiger partial charge in [-0.3, -0.25) is 19.3 Å². The number of rotatable bonds is 7. The van der Waals surface area contributed by atoms with Gasteiger partial charge in [-0.2, -0.15) is 5.10 Å². The van der Waals surface area contributed by atoms with Crippen LogP contribution in [-0.4, -0.2) is 64.1 Å². The molecule has 8 heteroatoms. The number of fused-ring (bicyclic) bond motifs is 1. The Morgan fingerprint density at radius 3 is 2.26 bits per heavy atom. The zero-order valence-electron chi connectivity index (χ0n) is 19.7. The van der Waals surface area contributed by atoms with Crippen LogP contribution in [0.5, 0.6) is 0 Å². The van der Waals surface area contributed by atoms with E-state index in [-0.39, 0.29) is 23.3 Å². The second-order valence-electron chi connectivity index (χ2n) is 9.11. The zero-order valence-corrected chi connectivity index (χ0v) is 19.7. The molecule has 1 aliphatic heterocycles. The zero-order chi connectivity index (χ0) is 24.1. The number of carbonyl (C=O) groups is 2. The molecule has 0 radical (unpaired) electrons. The Hall–Kier alpha value is -3.52. The fourth-order valence-corrected chi connectivity index (χ4v) is 4.18. The summed E-state index contributed by atoms with van der Waals surface area (Å²) in [6, 6.07) is 17.0. The van der Waals surface area contributed by atoms with E-state index in [9.17, 15) is 14.4 Å². The lowest BCUT2D eigenvalue weighted by atomic mass is 10.1. The normalized spacial score (nSPS) is 14.5. The summed E-state index contributed by atoms with van der Waals surface area (Å²) in [5, 5.41) is 8.51. The molecule has 1 aromatic heterocycles. The van der Waals surface area contributed by atoms with Crippen molar-refractivity contribution in [2.75, 3.05) is 32.7 Å². The first kappa shape index (κ1) is 23.6. The van der Waals surface area contributed by atoms with Gasteiger partial charge in [0.1, 0.15) is 0 Å². The van der Waals surface area contributed by atoms with Crippen molar-refractivity contribution in [2.24, 2.45) is 5.92 Å². The van der Waals surface area contributed by atoms with E-state index in [4.69, 9.17) is 0 Å². The SMILES string of the molecule is CC(C)Cn1nc(C(=O)N2CCN(CC(=O)NCc3ccccc3)CC2)c2ccccc2c1=O. The van der Waals surface area contributed by atoms with Crippen molar-refractivity contribution < 1.29 is 9.59 Å². The third kappa shape index (κ3) is 5.51. The molecule has 0 aliphatic carbocycles. The van der Waals surface area contributed by atoms with E-state index in [0.717, 1.165) is 5.56 Å². The first-order chi connectivity index (χ1) is 16.4. The van der Waals surface area contributed by atoms with Crippen LogP contribution in [0.3, 0.4) is 0 Å². The Kier molecular flexibility index (Phi) is 7.37. The van der Waals surface area contributed by atoms with Crippen LogP contribution in [0.25, 0.3) is 10.8 Å². The molecule has 0 unspecified atom stereocenters. The lowest BCUT2D eigenvalue weighted by molar-refractivity contribution is -0.122. The Bertz CT molecular complexity index is 1210. The molecule has 4 rings (SSSR count). The molecule has 8 nitrogen and oxygen atoms in total. The molecule has 1 N–H and O–H groups in total. The highest BCUT2D eigenvalue weighted by Gasteiger charge is 2.26. The highest BCUT2D eigenvalue weighted by molar-refractivity contribution is 6.04. The van der Waals surface area contributed by atoms with Gasteiger partial charge in [-0.25, -0.2) is 4.68 Å². The molecule has 34 heavy (non-hydrogen) atoms. The highest BCUT2D eigenvalue weighted by Crippen LogP contribution is 2.17. The Labute approximate surface area is 199 Å². The third-order valence-electron chi connectivity index (χ3n) is 5.97. The molecule has 3 aromatic rings. The van der Waals surface area contributed by atoms with Gasteiger partial charge in [-0.15, -0.1) is 0 Å². The predicted octanol–water partition coefficient (Wildman–Crippen LogP) is 2.13. The molecule has 2 aromatic carbocycles. The molecule has 2 heterocycles. The van der Waals surface area contributed by atoms with Crippen LogP contribution in [0.1, 0.15) is 29.9 Å². The topological polar surface area (TPSA) is 87.5 Å². The number of piperazine rings is 1. The van der Waals surface area contributed by atoms with Gasteiger partial charge >= 0.3 is 0 Å². The van der Waals surface area contributed by atoms with Gasteiger partial charge in [-0.1, -0.05) is 62.4 Å². The maximum absolute atomic E-state index is 13.4. The number of nitrogens with one attached hydrogen (secondary N) is 1. The van der Waals surface area contributed by atoms with Gasteiger partial charge in [0, 0.05) is 44.7 Å². The Morgan fingerprint density at radius 1 is 0.941 bits per heavy atom. The van der Waals surface area contributed by atoms with E-state index >= 15 is 0 Å². The quantitative estimate of drug-likeness (QED) is 0.583. The first-order valence-electron chi connectivity index (χ1n) is 11.7. The van der Waals surface area contributed by atoms with Crippen molar-refractivity contribution in [3.05, 3.63) is 76.2 Å². The Morgan fingerprint density at radius 2 is 1.59 bits per heavy atom. The first-order valence-corrected chi connectivity index (χ1v) is 11.7. The maximum atomic E-state index is 13.4. The van der Waals surface area contributed by atoms with E-state index in [1.807, 2.05) is 50.2 Å². The van der Waals surface area contributed by atoms with Gasteiger partial charge in [0.05, 0.1) is 11.9 Å². The predicted molar refractivity (Wildman–Crippen MR) is 131 cm³/mol. The summed E-state index contributed by atoms with van der Waals surface area (Å²) in [5.74, 6) is 0.0184. The summed E-state index contributed by atoms with van der Waals surface area (Å²) in [5.41, 5.74) is 1.20. The van der Waals surface area contributed by atoms with Gasteiger partial charge in [0.2, 0.25) is 5.91 Å². The minimum atomic E-state index is -0.179. The summed E-state index contributed by atoms with van der Waals surface area (Å²) < 4.78 is 1.41. The molecule has 0 saturated carbocycles. The average Bonchev–Trinajstić information content (AvgIpc) is 2.85. The van der Waals surface area contributed by atoms with Crippen molar-refractivity contribution >= 4 is 22.6 Å². The standard InChI is InChI=1S/C26H31N5O3/c1-19(2)17-31-25(33)22-11-7-6-10-21(22)24(28-31)26(34)30-14-12-29(13-15-30)18-23(32)27-16-20-8-4-3-5-9-20/h3-11,19H,12-18H2,1-2H3,(H,27,32). The number of benzene rings is 2. The Balaban J connectivity index is 1.40. The second kappa shape index (κ2) is 10.6. The fraction of sp³-hybridized carbons (Fsp3) is 0.385. The van der Waals surface area contributed by atoms with Crippen LogP contribution in [0.15, 0.2) is 59.4 Å². The summed E-state index contributed by atoms with van der Waals surface area (Å²) in [6.45, 7) is 7.50. The van der Waals surface area contributed by atoms with Crippen molar-refractivity contribution in [3.8, 4) is 0 Å². The maximum Gasteiger partial charge on any atom is 0.275 e. The van der Waals surface area contributed by atoms with E-state index in [1.54, 1.807) is 23.1 Å². The minimum Gasteiger partial charge on any atom is -0.351 e. The van der Waals surface area contributed by atoms with Crippen molar-refractivity contribution in [3.63, 3.8) is 0 Å². The molecule has 2 amide bonds. The van der Waals surface area contributed by atoms with Crippen molar-refractivity contribution in [2.45, 2.75) is 26.9 Å². The smallest absolute Gasteiger partial charge is 0.275 e. The summed E-state index contributed by atoms with van der Waals surface area (Å²) >= 11 is 0. The number of carbonyl (C=O) groups excluding carboxylic acids is 2. The largest absolute Gasteiger partial charge is 0.351 e. The van der Waals surface area contributed by atoms with Crippen LogP contribution < -0.4 is 10.9 Å². The summed E-state index contributed by atoms with van der Waals surface area (Å²) in [6.07, 6.45) is 0. The van der Waals surface area contributed by atoms with Crippen LogP contribution in [0, 0.1) is 5.92 Å². The van der Waals surface area contributed by atoms with E-state index in [1.165, 1.54) is 4.68 Å². The van der Waals surface area contributed by atoms with Crippen molar-refractivity contribution in [1.29, 1.82) is 0 Å². The molecule has 1 fully saturated rings. The number of nitrogens with zero attached hydrogens (tertiary/aromatic N) is 4. The highest BCUT2D eigenvalue weighted by atomic mass is 16.2. The van der Waals surface area contributed by atoms with E-state index < -0.39 is 0 Å². The summed E-state index contributed by atoms with van der Waals surface area (Å²) in [4.78, 5) is 42.4. The monoisotopic (exact) mass is 461 g/mol. The molecule has 1 saturated heterocycles. The molecular weight excluding hydrogens is 430 g/mol. The molecule has 1 aliphatic rings. The summed E-state index contributed by atoms with van der Waals surface area (Å²) in [7, 11) is 0. The van der Waals surface area contributed by atoms with Crippen LogP contribution >= 0.6 is 0 Å². The average molecular weight is 462 g/mol. The van der Waals surface area contributed by atoms with Gasteiger partial charge < -0.3 is 10.2 Å². The van der Waals surface area contributed by atoms with Crippen molar-refractivity contribution in [1.82, 2.24) is 24.9 Å². The lowest BCUT2D eigenvalue weighted by Crippen LogP contribution is -2.51. The van der Waals surface area contributed by atoms with Crippen LogP contribution in [0.4, 0.5) is 0 Å². The molecule has 0 spiro atoms.